The summed E-state index contributed by atoms with van der Waals surface area (Å²) in [5.41, 5.74) is 4.50. The van der Waals surface area contributed by atoms with Crippen LogP contribution in [-0.2, 0) is 0 Å². The summed E-state index contributed by atoms with van der Waals surface area (Å²) in [5.74, 6) is 0. The molecule has 0 unspecified atom stereocenters. The van der Waals surface area contributed by atoms with E-state index < -0.39 is 0 Å². The van der Waals surface area contributed by atoms with E-state index in [0.29, 0.717) is 0 Å². The van der Waals surface area contributed by atoms with Crippen molar-refractivity contribution in [1.82, 2.24) is 9.97 Å². The standard InChI is InChI=1S/C4H4N2.HNO/c1-2-5-4-6-3-1;1-2/h1-4H;1H. The molecule has 1 rings (SSSR count). The van der Waals surface area contributed by atoms with Crippen molar-refractivity contribution in [1.29, 1.82) is 5.59 Å². The van der Waals surface area contributed by atoms with Gasteiger partial charge in [-0.3, -0.25) is 0 Å². The van der Waals surface area contributed by atoms with Gasteiger partial charge in [-0.2, -0.15) is 4.91 Å². The zero-order chi connectivity index (χ0) is 6.24. The van der Waals surface area contributed by atoms with Gasteiger partial charge >= 0.3 is 0 Å². The molecule has 0 fully saturated rings. The summed E-state index contributed by atoms with van der Waals surface area (Å²) in [6, 6.07) is 1.78. The zero-order valence-electron chi connectivity index (χ0n) is 4.11. The van der Waals surface area contributed by atoms with E-state index in [1.165, 1.54) is 6.33 Å². The van der Waals surface area contributed by atoms with E-state index in [-0.39, 0.29) is 0 Å². The van der Waals surface area contributed by atoms with E-state index in [2.05, 4.69) is 15.6 Å². The summed E-state index contributed by atoms with van der Waals surface area (Å²) >= 11 is 0. The molecule has 0 saturated heterocycles. The molecule has 0 saturated carbocycles. The first-order chi connectivity index (χ1) is 4.00. The second-order valence-electron chi connectivity index (χ2n) is 0.904. The number of rotatable bonds is 0. The summed E-state index contributed by atoms with van der Waals surface area (Å²) in [7, 11) is 0. The van der Waals surface area contributed by atoms with E-state index in [4.69, 9.17) is 4.91 Å². The number of nitrogens with zero attached hydrogens (tertiary/aromatic N) is 2. The summed E-state index contributed by atoms with van der Waals surface area (Å²) in [6.07, 6.45) is 4.88. The van der Waals surface area contributed by atoms with Crippen molar-refractivity contribution in [3.05, 3.63) is 29.7 Å². The first kappa shape index (κ1) is 6.68. The lowest BCUT2D eigenvalue weighted by atomic mass is 10.7. The molecule has 0 aliphatic rings. The lowest BCUT2D eigenvalue weighted by Gasteiger charge is -1.70. The van der Waals surface area contributed by atoms with Crippen molar-refractivity contribution >= 4 is 0 Å². The van der Waals surface area contributed by atoms with Gasteiger partial charge in [0, 0.05) is 12.4 Å². The Morgan fingerprint density at radius 3 is 1.75 bits per heavy atom. The maximum absolute atomic E-state index is 7.50. The molecule has 8 heavy (non-hydrogen) atoms. The predicted octanol–water partition coefficient (Wildman–Crippen LogP) is 0.808. The second kappa shape index (κ2) is 5.68. The first-order valence-corrected chi connectivity index (χ1v) is 1.90. The van der Waals surface area contributed by atoms with Gasteiger partial charge in [-0.1, -0.05) is 5.59 Å². The Labute approximate surface area is 46.4 Å². The fourth-order valence-corrected chi connectivity index (χ4v) is 0.253. The van der Waals surface area contributed by atoms with Crippen LogP contribution in [0.5, 0.6) is 0 Å². The van der Waals surface area contributed by atoms with E-state index in [1.807, 2.05) is 0 Å². The molecule has 0 atom stereocenters. The van der Waals surface area contributed by atoms with Gasteiger partial charge in [0.2, 0.25) is 0 Å². The Balaban J connectivity index is 0.000000222. The third-order valence-electron chi connectivity index (χ3n) is 0.478. The van der Waals surface area contributed by atoms with Crippen LogP contribution in [0.15, 0.2) is 24.8 Å². The third kappa shape index (κ3) is 2.89. The summed E-state index contributed by atoms with van der Waals surface area (Å²) in [5, 5.41) is 0. The minimum absolute atomic E-state index is 1.50. The van der Waals surface area contributed by atoms with E-state index in [0.717, 1.165) is 0 Å². The maximum atomic E-state index is 7.50. The van der Waals surface area contributed by atoms with Crippen LogP contribution in [0.25, 0.3) is 0 Å². The highest BCUT2D eigenvalue weighted by Crippen LogP contribution is 1.66. The minimum Gasteiger partial charge on any atom is -0.245 e. The normalized spacial score (nSPS) is 6.50. The Bertz CT molecular complexity index is 94.1. The Morgan fingerprint density at radius 1 is 1.12 bits per heavy atom. The second-order valence-corrected chi connectivity index (χ2v) is 0.904. The van der Waals surface area contributed by atoms with Crippen molar-refractivity contribution in [2.24, 2.45) is 0 Å². The van der Waals surface area contributed by atoms with Gasteiger partial charge in [-0.15, -0.1) is 0 Å². The minimum atomic E-state index is 1.50. The van der Waals surface area contributed by atoms with Gasteiger partial charge in [0.05, 0.1) is 0 Å². The molecule has 4 heteroatoms. The van der Waals surface area contributed by atoms with E-state index in [1.54, 1.807) is 18.5 Å². The highest BCUT2D eigenvalue weighted by molar-refractivity contribution is 4.74. The van der Waals surface area contributed by atoms with Crippen molar-refractivity contribution in [3.63, 3.8) is 0 Å². The molecule has 0 bridgehead atoms. The van der Waals surface area contributed by atoms with Gasteiger partial charge in [0.1, 0.15) is 6.33 Å². The molecule has 0 aliphatic carbocycles. The molecule has 0 spiro atoms. The van der Waals surface area contributed by atoms with Crippen LogP contribution in [0.2, 0.25) is 0 Å². The molecule has 42 valence electrons. The van der Waals surface area contributed by atoms with Crippen molar-refractivity contribution in [3.8, 4) is 0 Å². The van der Waals surface area contributed by atoms with Gasteiger partial charge in [0.15, 0.2) is 0 Å². The molecule has 1 N–H and O–H groups in total. The monoisotopic (exact) mass is 111 g/mol. The zero-order valence-corrected chi connectivity index (χ0v) is 4.11. The van der Waals surface area contributed by atoms with Crippen LogP contribution in [-0.4, -0.2) is 9.97 Å². The average molecular weight is 111 g/mol. The number of hydrogen-bond donors (Lipinski definition) is 1. The smallest absolute Gasteiger partial charge is 0.115 e. The third-order valence-corrected chi connectivity index (χ3v) is 0.478. The average Bonchev–Trinajstić information content (AvgIpc) is 1.96. The van der Waals surface area contributed by atoms with Crippen LogP contribution < -0.4 is 0 Å². The SMILES string of the molecule is N=O.c1cncnc1. The highest BCUT2D eigenvalue weighted by Gasteiger charge is 1.59. The summed E-state index contributed by atoms with van der Waals surface area (Å²) < 4.78 is 0. The number of nitroso groups, excluding NO2 is 1. The van der Waals surface area contributed by atoms with Gasteiger partial charge in [0.25, 0.3) is 0 Å². The van der Waals surface area contributed by atoms with Crippen molar-refractivity contribution < 1.29 is 0 Å². The Morgan fingerprint density at radius 2 is 1.62 bits per heavy atom. The maximum Gasteiger partial charge on any atom is 0.115 e. The van der Waals surface area contributed by atoms with Gasteiger partial charge in [-0.25, -0.2) is 9.97 Å². The molecule has 0 amide bonds. The van der Waals surface area contributed by atoms with Crippen LogP contribution in [0, 0.1) is 10.5 Å². The number of aromatic nitrogens is 2. The Kier molecular flexibility index (Phi) is 4.74. The summed E-state index contributed by atoms with van der Waals surface area (Å²) in [6.45, 7) is 0. The summed E-state index contributed by atoms with van der Waals surface area (Å²) in [4.78, 5) is 14.8. The molecule has 0 aliphatic heterocycles. The van der Waals surface area contributed by atoms with E-state index in [9.17, 15) is 0 Å². The van der Waals surface area contributed by atoms with Crippen molar-refractivity contribution in [2.75, 3.05) is 0 Å². The molecule has 0 aromatic carbocycles. The quantitative estimate of drug-likeness (QED) is 0.503. The van der Waals surface area contributed by atoms with Crippen LogP contribution in [0.3, 0.4) is 0 Å². The molecule has 0 radical (unpaired) electrons. The number of nitrogens with one attached hydrogen (secondary N) is 1. The molecular formula is C4H5N3O. The molecule has 1 heterocycles. The predicted molar refractivity (Wildman–Crippen MR) is 28.1 cm³/mol. The molecular weight excluding hydrogens is 106 g/mol. The van der Waals surface area contributed by atoms with Crippen LogP contribution in [0.1, 0.15) is 0 Å². The van der Waals surface area contributed by atoms with Gasteiger partial charge < -0.3 is 0 Å². The largest absolute Gasteiger partial charge is 0.245 e. The first-order valence-electron chi connectivity index (χ1n) is 1.90. The van der Waals surface area contributed by atoms with Crippen LogP contribution >= 0.6 is 0 Å². The molecule has 1 aromatic heterocycles. The molecule has 4 nitrogen and oxygen atoms in total. The molecule has 1 aromatic rings. The number of hydrogen-bond acceptors (Lipinski definition) is 4. The topological polar surface area (TPSA) is 66.7 Å². The Hall–Kier alpha value is -1.32. The highest BCUT2D eigenvalue weighted by atomic mass is 16.2. The lowest BCUT2D eigenvalue weighted by Crippen LogP contribution is -1.66. The van der Waals surface area contributed by atoms with Crippen LogP contribution in [0.4, 0.5) is 0 Å². The fourth-order valence-electron chi connectivity index (χ4n) is 0.253. The van der Waals surface area contributed by atoms with Gasteiger partial charge in [-0.05, 0) is 6.07 Å². The van der Waals surface area contributed by atoms with E-state index >= 15 is 0 Å². The van der Waals surface area contributed by atoms with Crippen molar-refractivity contribution in [2.45, 2.75) is 0 Å². The lowest BCUT2D eigenvalue weighted by molar-refractivity contribution is 1.17. The fraction of sp³-hybridized carbons (Fsp3) is 0.